The lowest BCUT2D eigenvalue weighted by molar-refractivity contribution is 0.252. The Morgan fingerprint density at radius 1 is 1.21 bits per heavy atom. The maximum absolute atomic E-state index is 14.5. The summed E-state index contributed by atoms with van der Waals surface area (Å²) in [6.45, 7) is 2.33. The van der Waals surface area contributed by atoms with Crippen LogP contribution in [0.15, 0.2) is 49.2 Å². The van der Waals surface area contributed by atoms with Crippen LogP contribution in [0.5, 0.6) is 0 Å². The number of amides is 2. The molecule has 7 nitrogen and oxygen atoms in total. The van der Waals surface area contributed by atoms with Crippen LogP contribution in [0.2, 0.25) is 0 Å². The molecule has 0 radical (unpaired) electrons. The fourth-order valence-corrected chi connectivity index (χ4v) is 3.72. The van der Waals surface area contributed by atoms with E-state index in [2.05, 4.69) is 30.6 Å². The normalized spacial score (nSPS) is 10.8. The molecular formula is C19H15FN6OS. The molecule has 28 heavy (non-hydrogen) atoms. The zero-order chi connectivity index (χ0) is 19.5. The quantitative estimate of drug-likeness (QED) is 0.544. The predicted molar refractivity (Wildman–Crippen MR) is 107 cm³/mol. The molecule has 0 atom stereocenters. The van der Waals surface area contributed by atoms with Crippen LogP contribution in [0, 0.1) is 5.82 Å². The van der Waals surface area contributed by atoms with Gasteiger partial charge in [-0.1, -0.05) is 11.3 Å². The Bertz CT molecular complexity index is 1150. The number of hydrogen-bond donors (Lipinski definition) is 2. The lowest BCUT2D eigenvalue weighted by Crippen LogP contribution is -2.28. The molecule has 1 aromatic carbocycles. The summed E-state index contributed by atoms with van der Waals surface area (Å²) in [5.74, 6) is -0.433. The highest BCUT2D eigenvalue weighted by molar-refractivity contribution is 7.22. The average molecular weight is 394 g/mol. The molecule has 0 bridgehead atoms. The summed E-state index contributed by atoms with van der Waals surface area (Å²) < 4.78 is 15.2. The molecule has 0 unspecified atom stereocenters. The topological polar surface area (TPSA) is 92.7 Å². The molecule has 9 heteroatoms. The predicted octanol–water partition coefficient (Wildman–Crippen LogP) is 4.10. The van der Waals surface area contributed by atoms with Gasteiger partial charge in [0.05, 0.1) is 10.2 Å². The molecule has 0 saturated heterocycles. The second-order valence-electron chi connectivity index (χ2n) is 5.84. The molecule has 2 N–H and O–H groups in total. The summed E-state index contributed by atoms with van der Waals surface area (Å²) in [5, 5.41) is 5.78. The number of nitrogens with one attached hydrogen (secondary N) is 2. The molecule has 0 saturated carbocycles. The first-order valence-corrected chi connectivity index (χ1v) is 9.33. The van der Waals surface area contributed by atoms with Crippen LogP contribution in [0.4, 0.5) is 14.3 Å². The summed E-state index contributed by atoms with van der Waals surface area (Å²) in [6, 6.07) is 6.25. The molecule has 4 aromatic rings. The number of benzene rings is 1. The number of hydrogen-bond acceptors (Lipinski definition) is 6. The number of urea groups is 1. The number of aromatic nitrogens is 4. The van der Waals surface area contributed by atoms with E-state index in [-0.39, 0.29) is 11.7 Å². The fourth-order valence-electron chi connectivity index (χ4n) is 2.76. The Kier molecular flexibility index (Phi) is 4.90. The van der Waals surface area contributed by atoms with Gasteiger partial charge in [-0.3, -0.25) is 10.3 Å². The van der Waals surface area contributed by atoms with Crippen molar-refractivity contribution in [3.63, 3.8) is 0 Å². The van der Waals surface area contributed by atoms with Crippen LogP contribution in [0.25, 0.3) is 32.6 Å². The second-order valence-corrected chi connectivity index (χ2v) is 6.84. The van der Waals surface area contributed by atoms with Crippen molar-refractivity contribution in [1.29, 1.82) is 0 Å². The fraction of sp³-hybridized carbons (Fsp3) is 0.105. The van der Waals surface area contributed by atoms with Crippen LogP contribution >= 0.6 is 11.3 Å². The number of carbonyl (C=O) groups is 1. The maximum atomic E-state index is 14.5. The minimum Gasteiger partial charge on any atom is -0.338 e. The third kappa shape index (κ3) is 3.52. The minimum absolute atomic E-state index is 0.222. The van der Waals surface area contributed by atoms with Gasteiger partial charge in [0, 0.05) is 36.3 Å². The molecule has 2 amide bonds. The third-order valence-corrected chi connectivity index (χ3v) is 4.98. The van der Waals surface area contributed by atoms with Gasteiger partial charge in [-0.25, -0.2) is 24.1 Å². The monoisotopic (exact) mass is 394 g/mol. The van der Waals surface area contributed by atoms with Crippen LogP contribution < -0.4 is 10.6 Å². The number of fused-ring (bicyclic) bond motifs is 1. The first-order valence-electron chi connectivity index (χ1n) is 8.51. The van der Waals surface area contributed by atoms with E-state index in [1.807, 2.05) is 19.1 Å². The van der Waals surface area contributed by atoms with Crippen molar-refractivity contribution in [2.45, 2.75) is 6.92 Å². The maximum Gasteiger partial charge on any atom is 0.321 e. The van der Waals surface area contributed by atoms with Crippen LogP contribution in [-0.2, 0) is 0 Å². The lowest BCUT2D eigenvalue weighted by atomic mass is 10.0. The molecule has 4 rings (SSSR count). The second kappa shape index (κ2) is 7.65. The number of carbonyl (C=O) groups excluding carboxylic acids is 1. The number of anilines is 1. The summed E-state index contributed by atoms with van der Waals surface area (Å²) >= 11 is 1.26. The van der Waals surface area contributed by atoms with Gasteiger partial charge in [0.1, 0.15) is 17.8 Å². The lowest BCUT2D eigenvalue weighted by Gasteiger charge is -2.07. The minimum atomic E-state index is -0.433. The molecule has 0 aliphatic rings. The van der Waals surface area contributed by atoms with Crippen molar-refractivity contribution in [3.05, 3.63) is 55.0 Å². The number of thiazole rings is 1. The van der Waals surface area contributed by atoms with Gasteiger partial charge in [0.2, 0.25) is 0 Å². The summed E-state index contributed by atoms with van der Waals surface area (Å²) in [7, 11) is 0. The zero-order valence-electron chi connectivity index (χ0n) is 14.8. The molecular weight excluding hydrogens is 379 g/mol. The van der Waals surface area contributed by atoms with E-state index in [0.717, 1.165) is 15.8 Å². The van der Waals surface area contributed by atoms with E-state index in [4.69, 9.17) is 0 Å². The molecule has 0 fully saturated rings. The van der Waals surface area contributed by atoms with Crippen molar-refractivity contribution in [2.75, 3.05) is 11.9 Å². The van der Waals surface area contributed by atoms with Crippen molar-refractivity contribution in [3.8, 4) is 22.4 Å². The van der Waals surface area contributed by atoms with Gasteiger partial charge >= 0.3 is 6.03 Å². The van der Waals surface area contributed by atoms with Crippen molar-refractivity contribution in [2.24, 2.45) is 0 Å². The highest BCUT2D eigenvalue weighted by Gasteiger charge is 2.17. The molecule has 140 valence electrons. The standard InChI is InChI=1S/C19H15FN6OS/c1-2-23-18(27)26-19-25-15-7-11(12-8-21-10-22-9-12)6-13(17(15)28-19)16-14(20)4-3-5-24-16/h3-10H,2H2,1H3,(H2,23,25,26,27). The molecule has 0 aliphatic heterocycles. The summed E-state index contributed by atoms with van der Waals surface area (Å²) in [4.78, 5) is 28.6. The van der Waals surface area contributed by atoms with E-state index in [1.165, 1.54) is 29.9 Å². The molecule has 3 aromatic heterocycles. The smallest absolute Gasteiger partial charge is 0.321 e. The largest absolute Gasteiger partial charge is 0.338 e. The highest BCUT2D eigenvalue weighted by Crippen LogP contribution is 2.38. The number of nitrogens with zero attached hydrogens (tertiary/aromatic N) is 4. The van der Waals surface area contributed by atoms with Gasteiger partial charge in [-0.05, 0) is 36.8 Å². The van der Waals surface area contributed by atoms with E-state index in [9.17, 15) is 9.18 Å². The van der Waals surface area contributed by atoms with Gasteiger partial charge in [-0.15, -0.1) is 0 Å². The van der Waals surface area contributed by atoms with E-state index in [1.54, 1.807) is 18.5 Å². The Balaban J connectivity index is 1.90. The molecule has 0 aliphatic carbocycles. The molecule has 3 heterocycles. The van der Waals surface area contributed by atoms with Gasteiger partial charge in [0.15, 0.2) is 5.13 Å². The first kappa shape index (κ1) is 17.9. The average Bonchev–Trinajstić information content (AvgIpc) is 3.11. The summed E-state index contributed by atoms with van der Waals surface area (Å²) in [5.41, 5.74) is 2.99. The van der Waals surface area contributed by atoms with Crippen molar-refractivity contribution < 1.29 is 9.18 Å². The van der Waals surface area contributed by atoms with Gasteiger partial charge in [-0.2, -0.15) is 0 Å². The molecule has 0 spiro atoms. The van der Waals surface area contributed by atoms with Crippen LogP contribution in [0.1, 0.15) is 6.92 Å². The van der Waals surface area contributed by atoms with Crippen molar-refractivity contribution in [1.82, 2.24) is 25.3 Å². The Morgan fingerprint density at radius 2 is 2.04 bits per heavy atom. The third-order valence-electron chi connectivity index (χ3n) is 3.96. The number of rotatable bonds is 4. The van der Waals surface area contributed by atoms with Gasteiger partial charge in [0.25, 0.3) is 0 Å². The van der Waals surface area contributed by atoms with E-state index in [0.29, 0.717) is 22.8 Å². The van der Waals surface area contributed by atoms with E-state index < -0.39 is 5.82 Å². The zero-order valence-corrected chi connectivity index (χ0v) is 15.6. The van der Waals surface area contributed by atoms with E-state index >= 15 is 0 Å². The highest BCUT2D eigenvalue weighted by atomic mass is 32.1. The Morgan fingerprint density at radius 3 is 2.79 bits per heavy atom. The van der Waals surface area contributed by atoms with Crippen molar-refractivity contribution >= 4 is 32.7 Å². The SMILES string of the molecule is CCNC(=O)Nc1nc2cc(-c3cncnc3)cc(-c3ncccc3F)c2s1. The summed E-state index contributed by atoms with van der Waals surface area (Å²) in [6.07, 6.45) is 6.33. The first-order chi connectivity index (χ1) is 13.7. The van der Waals surface area contributed by atoms with Crippen LogP contribution in [0.3, 0.4) is 0 Å². The Labute approximate surface area is 163 Å². The van der Waals surface area contributed by atoms with Crippen LogP contribution in [-0.4, -0.2) is 32.5 Å². The number of halogens is 1. The number of pyridine rings is 1. The Hall–Kier alpha value is -3.46. The van der Waals surface area contributed by atoms with Gasteiger partial charge < -0.3 is 5.32 Å².